The molecule has 0 aliphatic rings. The Hall–Kier alpha value is -0.730. The molecule has 2 rings (SSSR count). The first-order valence-corrected chi connectivity index (χ1v) is 7.58. The summed E-state index contributed by atoms with van der Waals surface area (Å²) in [7, 11) is 1.95. The van der Waals surface area contributed by atoms with Crippen LogP contribution < -0.4 is 5.32 Å². The Morgan fingerprint density at radius 3 is 2.05 bits per heavy atom. The van der Waals surface area contributed by atoms with E-state index in [1.807, 2.05) is 49.5 Å². The zero-order chi connectivity index (χ0) is 14.5. The molecule has 0 saturated carbocycles. The minimum atomic E-state index is 0.272. The van der Waals surface area contributed by atoms with E-state index in [2.05, 4.69) is 5.32 Å². The molecule has 0 bridgehead atoms. The van der Waals surface area contributed by atoms with Crippen LogP contribution in [-0.2, 0) is 12.8 Å². The van der Waals surface area contributed by atoms with Gasteiger partial charge in [-0.05, 0) is 55.3 Å². The van der Waals surface area contributed by atoms with Crippen molar-refractivity contribution >= 4 is 34.8 Å². The lowest BCUT2D eigenvalue weighted by Crippen LogP contribution is -2.30. The fourth-order valence-electron chi connectivity index (χ4n) is 2.16. The van der Waals surface area contributed by atoms with E-state index in [0.29, 0.717) is 10.0 Å². The molecular weight excluding hydrogens is 313 g/mol. The van der Waals surface area contributed by atoms with Crippen LogP contribution in [0.1, 0.15) is 11.1 Å². The summed E-state index contributed by atoms with van der Waals surface area (Å²) in [6.07, 6.45) is 1.69. The third-order valence-electron chi connectivity index (χ3n) is 3.32. The van der Waals surface area contributed by atoms with Gasteiger partial charge >= 0.3 is 0 Å². The quantitative estimate of drug-likeness (QED) is 0.812. The summed E-state index contributed by atoms with van der Waals surface area (Å²) < 4.78 is 0. The molecule has 1 atom stereocenters. The average molecular weight is 329 g/mol. The van der Waals surface area contributed by atoms with Crippen molar-refractivity contribution in [3.63, 3.8) is 0 Å². The van der Waals surface area contributed by atoms with Gasteiger partial charge in [0.15, 0.2) is 0 Å². The first kappa shape index (κ1) is 15.7. The second kappa shape index (κ2) is 7.33. The number of benzene rings is 2. The smallest absolute Gasteiger partial charge is 0.0453 e. The fraction of sp³-hybridized carbons (Fsp3) is 0.250. The van der Waals surface area contributed by atoms with Crippen LogP contribution in [0.25, 0.3) is 0 Å². The number of halogens is 3. The summed E-state index contributed by atoms with van der Waals surface area (Å²) in [4.78, 5) is 0. The predicted molar refractivity (Wildman–Crippen MR) is 88.2 cm³/mol. The van der Waals surface area contributed by atoms with Crippen molar-refractivity contribution < 1.29 is 0 Å². The highest BCUT2D eigenvalue weighted by Crippen LogP contribution is 2.26. The Bertz CT molecular complexity index is 546. The van der Waals surface area contributed by atoms with Crippen molar-refractivity contribution in [2.75, 3.05) is 7.05 Å². The summed E-state index contributed by atoms with van der Waals surface area (Å²) in [6, 6.07) is 13.8. The highest BCUT2D eigenvalue weighted by Gasteiger charge is 2.13. The van der Waals surface area contributed by atoms with Crippen LogP contribution in [0.5, 0.6) is 0 Å². The molecule has 0 heterocycles. The maximum Gasteiger partial charge on any atom is 0.0453 e. The van der Waals surface area contributed by atoms with Gasteiger partial charge in [0.2, 0.25) is 0 Å². The molecule has 0 aliphatic heterocycles. The molecule has 1 N–H and O–H groups in total. The molecule has 2 aromatic rings. The lowest BCUT2D eigenvalue weighted by atomic mass is 9.99. The van der Waals surface area contributed by atoms with Crippen LogP contribution >= 0.6 is 34.8 Å². The number of likely N-dealkylation sites (N-methyl/N-ethyl adjacent to an activating group) is 1. The van der Waals surface area contributed by atoms with Gasteiger partial charge in [0.25, 0.3) is 0 Å². The molecule has 1 nitrogen and oxygen atoms in total. The number of nitrogens with one attached hydrogen (secondary N) is 1. The molecule has 0 spiro atoms. The van der Waals surface area contributed by atoms with E-state index in [0.717, 1.165) is 23.4 Å². The molecule has 1 unspecified atom stereocenters. The third-order valence-corrected chi connectivity index (χ3v) is 4.28. The molecule has 2 aromatic carbocycles. The van der Waals surface area contributed by atoms with Crippen LogP contribution in [0.3, 0.4) is 0 Å². The molecule has 0 saturated heterocycles. The van der Waals surface area contributed by atoms with Gasteiger partial charge in [0, 0.05) is 21.1 Å². The standard InChI is InChI=1S/C16H16Cl3N/c1-20-13(9-11-5-7-12(17)8-6-11)10-14-15(18)3-2-4-16(14)19/h2-8,13,20H,9-10H2,1H3. The van der Waals surface area contributed by atoms with Crippen molar-refractivity contribution in [1.82, 2.24) is 5.32 Å². The normalized spacial score (nSPS) is 12.4. The van der Waals surface area contributed by atoms with E-state index in [4.69, 9.17) is 34.8 Å². The van der Waals surface area contributed by atoms with Crippen LogP contribution in [0.15, 0.2) is 42.5 Å². The van der Waals surface area contributed by atoms with Crippen LogP contribution in [0.4, 0.5) is 0 Å². The molecule has 20 heavy (non-hydrogen) atoms. The maximum absolute atomic E-state index is 6.22. The average Bonchev–Trinajstić information content (AvgIpc) is 2.44. The molecule has 106 valence electrons. The van der Waals surface area contributed by atoms with Crippen LogP contribution in [-0.4, -0.2) is 13.1 Å². The van der Waals surface area contributed by atoms with Crippen molar-refractivity contribution in [3.05, 3.63) is 68.7 Å². The minimum Gasteiger partial charge on any atom is -0.316 e. The topological polar surface area (TPSA) is 12.0 Å². The van der Waals surface area contributed by atoms with E-state index < -0.39 is 0 Å². The lowest BCUT2D eigenvalue weighted by molar-refractivity contribution is 0.556. The van der Waals surface area contributed by atoms with Crippen LogP contribution in [0, 0.1) is 0 Å². The monoisotopic (exact) mass is 327 g/mol. The predicted octanol–water partition coefficient (Wildman–Crippen LogP) is 5.02. The van der Waals surface area contributed by atoms with Gasteiger partial charge in [-0.1, -0.05) is 53.0 Å². The van der Waals surface area contributed by atoms with Gasteiger partial charge in [-0.3, -0.25) is 0 Å². The van der Waals surface area contributed by atoms with Crippen molar-refractivity contribution in [1.29, 1.82) is 0 Å². The highest BCUT2D eigenvalue weighted by atomic mass is 35.5. The zero-order valence-corrected chi connectivity index (χ0v) is 13.4. The number of hydrogen-bond donors (Lipinski definition) is 1. The number of rotatable bonds is 5. The molecule has 0 fully saturated rings. The maximum atomic E-state index is 6.22. The summed E-state index contributed by atoms with van der Waals surface area (Å²) in [5.74, 6) is 0. The molecule has 0 aromatic heterocycles. The Balaban J connectivity index is 2.11. The second-order valence-corrected chi connectivity index (χ2v) is 5.97. The SMILES string of the molecule is CNC(Cc1ccc(Cl)cc1)Cc1c(Cl)cccc1Cl. The zero-order valence-electron chi connectivity index (χ0n) is 11.2. The van der Waals surface area contributed by atoms with E-state index >= 15 is 0 Å². The van der Waals surface area contributed by atoms with Gasteiger partial charge in [-0.25, -0.2) is 0 Å². The Labute approximate surface area is 134 Å². The van der Waals surface area contributed by atoms with Crippen LogP contribution in [0.2, 0.25) is 15.1 Å². The highest BCUT2D eigenvalue weighted by molar-refractivity contribution is 6.36. The molecule has 0 amide bonds. The largest absolute Gasteiger partial charge is 0.316 e. The van der Waals surface area contributed by atoms with Crippen molar-refractivity contribution in [2.24, 2.45) is 0 Å². The third kappa shape index (κ3) is 4.13. The van der Waals surface area contributed by atoms with Gasteiger partial charge < -0.3 is 5.32 Å². The summed E-state index contributed by atoms with van der Waals surface area (Å²) >= 11 is 18.4. The molecule has 4 heteroatoms. The molecule has 0 radical (unpaired) electrons. The minimum absolute atomic E-state index is 0.272. The van der Waals surface area contributed by atoms with Gasteiger partial charge in [-0.15, -0.1) is 0 Å². The van der Waals surface area contributed by atoms with Crippen molar-refractivity contribution in [3.8, 4) is 0 Å². The van der Waals surface area contributed by atoms with Gasteiger partial charge in [-0.2, -0.15) is 0 Å². The Kier molecular flexibility index (Phi) is 5.74. The summed E-state index contributed by atoms with van der Waals surface area (Å²) in [5, 5.41) is 5.50. The second-order valence-electron chi connectivity index (χ2n) is 4.72. The van der Waals surface area contributed by atoms with E-state index in [1.54, 1.807) is 0 Å². The van der Waals surface area contributed by atoms with E-state index in [1.165, 1.54) is 5.56 Å². The van der Waals surface area contributed by atoms with Crippen molar-refractivity contribution in [2.45, 2.75) is 18.9 Å². The lowest BCUT2D eigenvalue weighted by Gasteiger charge is -2.18. The first-order valence-electron chi connectivity index (χ1n) is 6.44. The first-order chi connectivity index (χ1) is 9.60. The van der Waals surface area contributed by atoms with Gasteiger partial charge in [0.1, 0.15) is 0 Å². The molecular formula is C16H16Cl3N. The molecule has 0 aliphatic carbocycles. The number of hydrogen-bond acceptors (Lipinski definition) is 1. The Morgan fingerprint density at radius 1 is 0.900 bits per heavy atom. The van der Waals surface area contributed by atoms with E-state index in [-0.39, 0.29) is 6.04 Å². The van der Waals surface area contributed by atoms with E-state index in [9.17, 15) is 0 Å². The van der Waals surface area contributed by atoms with Gasteiger partial charge in [0.05, 0.1) is 0 Å². The Morgan fingerprint density at radius 2 is 1.50 bits per heavy atom. The summed E-state index contributed by atoms with van der Waals surface area (Å²) in [5.41, 5.74) is 2.22. The summed E-state index contributed by atoms with van der Waals surface area (Å²) in [6.45, 7) is 0. The fourth-order valence-corrected chi connectivity index (χ4v) is 2.83.